The number of carbonyl (C=O) groups is 2. The van der Waals surface area contributed by atoms with E-state index in [1.807, 2.05) is 12.2 Å². The average molecular weight is 799 g/mol. The molecular formula is C44H79O10P. The van der Waals surface area contributed by atoms with Crippen molar-refractivity contribution in [1.29, 1.82) is 0 Å². The molecule has 3 N–H and O–H groups in total. The first-order valence-electron chi connectivity index (χ1n) is 21.6. The van der Waals surface area contributed by atoms with Crippen LogP contribution in [0.15, 0.2) is 48.6 Å². The minimum absolute atomic E-state index is 0.100. The van der Waals surface area contributed by atoms with Gasteiger partial charge in [-0.1, -0.05) is 172 Å². The highest BCUT2D eigenvalue weighted by molar-refractivity contribution is 7.47. The molecule has 0 amide bonds. The molecule has 0 fully saturated rings. The van der Waals surface area contributed by atoms with Crippen molar-refractivity contribution in [1.82, 2.24) is 0 Å². The van der Waals surface area contributed by atoms with E-state index in [9.17, 15) is 24.2 Å². The summed E-state index contributed by atoms with van der Waals surface area (Å²) < 4.78 is 32.4. The van der Waals surface area contributed by atoms with Gasteiger partial charge in [-0.05, 0) is 44.9 Å². The summed E-state index contributed by atoms with van der Waals surface area (Å²) in [6.07, 6.45) is 42.9. The average Bonchev–Trinajstić information content (AvgIpc) is 3.17. The molecule has 0 bridgehead atoms. The van der Waals surface area contributed by atoms with Crippen LogP contribution in [0.3, 0.4) is 0 Å². The van der Waals surface area contributed by atoms with E-state index in [0.29, 0.717) is 12.8 Å². The molecule has 55 heavy (non-hydrogen) atoms. The van der Waals surface area contributed by atoms with Gasteiger partial charge in [-0.15, -0.1) is 0 Å². The molecular weight excluding hydrogens is 719 g/mol. The molecule has 3 atom stereocenters. The maximum Gasteiger partial charge on any atom is 0.472 e. The first kappa shape index (κ1) is 52.9. The number of phosphoric acid groups is 1. The summed E-state index contributed by atoms with van der Waals surface area (Å²) in [4.78, 5) is 34.8. The normalized spacial score (nSPS) is 14.3. The first-order chi connectivity index (χ1) is 26.7. The van der Waals surface area contributed by atoms with Gasteiger partial charge in [-0.25, -0.2) is 9.36 Å². The van der Waals surface area contributed by atoms with Crippen LogP contribution in [0, 0.1) is 0 Å². The predicted octanol–water partition coefficient (Wildman–Crippen LogP) is 11.3. The largest absolute Gasteiger partial charge is 0.472 e. The second-order valence-electron chi connectivity index (χ2n) is 14.4. The molecule has 0 rings (SSSR count). The molecule has 0 spiro atoms. The SMILES string of the molecule is CCCCCCCCCCC/C=C/C/C=C/CCCC(=O)O[C@H](COC(=O)/C=C/C=C/CCCCCCCCCCCCC)COP(=O)(O)OC[C@@H](O)CO. The Labute approximate surface area is 334 Å². The number of esters is 2. The summed E-state index contributed by atoms with van der Waals surface area (Å²) in [5.41, 5.74) is 0. The van der Waals surface area contributed by atoms with E-state index in [4.69, 9.17) is 19.1 Å². The summed E-state index contributed by atoms with van der Waals surface area (Å²) in [7, 11) is -4.65. The molecule has 0 radical (unpaired) electrons. The van der Waals surface area contributed by atoms with E-state index in [2.05, 4.69) is 36.6 Å². The smallest absolute Gasteiger partial charge is 0.458 e. The van der Waals surface area contributed by atoms with Crippen LogP contribution in [0.2, 0.25) is 0 Å². The Morgan fingerprint density at radius 3 is 1.60 bits per heavy atom. The van der Waals surface area contributed by atoms with Gasteiger partial charge in [0.15, 0.2) is 6.10 Å². The number of allylic oxidation sites excluding steroid dienone is 7. The Bertz CT molecular complexity index is 1060. The van der Waals surface area contributed by atoms with Crippen molar-refractivity contribution in [3.63, 3.8) is 0 Å². The van der Waals surface area contributed by atoms with Crippen LogP contribution in [0.4, 0.5) is 0 Å². The van der Waals surface area contributed by atoms with Crippen LogP contribution in [0.5, 0.6) is 0 Å². The van der Waals surface area contributed by atoms with E-state index in [1.165, 1.54) is 128 Å². The maximum atomic E-state index is 12.6. The van der Waals surface area contributed by atoms with Crippen molar-refractivity contribution < 1.29 is 47.8 Å². The number of aliphatic hydroxyl groups excluding tert-OH is 2. The van der Waals surface area contributed by atoms with E-state index in [-0.39, 0.29) is 6.42 Å². The molecule has 0 saturated carbocycles. The highest BCUT2D eigenvalue weighted by Crippen LogP contribution is 2.43. The fourth-order valence-corrected chi connectivity index (χ4v) is 6.50. The summed E-state index contributed by atoms with van der Waals surface area (Å²) in [5, 5.41) is 18.3. The fraction of sp³-hybridized carbons (Fsp3) is 0.773. The Morgan fingerprint density at radius 1 is 0.600 bits per heavy atom. The van der Waals surface area contributed by atoms with E-state index in [1.54, 1.807) is 12.2 Å². The van der Waals surface area contributed by atoms with Gasteiger partial charge >= 0.3 is 19.8 Å². The molecule has 0 aromatic carbocycles. The van der Waals surface area contributed by atoms with Crippen LogP contribution in [0.25, 0.3) is 0 Å². The number of rotatable bonds is 40. The molecule has 0 aromatic rings. The van der Waals surface area contributed by atoms with Crippen LogP contribution >= 0.6 is 7.82 Å². The maximum absolute atomic E-state index is 12.6. The Balaban J connectivity index is 4.46. The van der Waals surface area contributed by atoms with Crippen LogP contribution in [0.1, 0.15) is 181 Å². The second kappa shape index (κ2) is 40.1. The van der Waals surface area contributed by atoms with Crippen LogP contribution < -0.4 is 0 Å². The highest BCUT2D eigenvalue weighted by Gasteiger charge is 2.27. The van der Waals surface area contributed by atoms with Gasteiger partial charge < -0.3 is 24.6 Å². The van der Waals surface area contributed by atoms with E-state index >= 15 is 0 Å². The lowest BCUT2D eigenvalue weighted by atomic mass is 10.1. The summed E-state index contributed by atoms with van der Waals surface area (Å²) in [6.45, 7) is 2.20. The number of ether oxygens (including phenoxy) is 2. The number of hydrogen-bond acceptors (Lipinski definition) is 9. The zero-order valence-corrected chi connectivity index (χ0v) is 35.5. The Morgan fingerprint density at radius 2 is 1.07 bits per heavy atom. The Hall–Kier alpha value is -2.07. The van der Waals surface area contributed by atoms with Gasteiger partial charge in [-0.3, -0.25) is 13.8 Å². The fourth-order valence-electron chi connectivity index (χ4n) is 5.71. The number of phosphoric ester groups is 1. The van der Waals surface area contributed by atoms with Gasteiger partial charge in [0, 0.05) is 12.5 Å². The topological polar surface area (TPSA) is 149 Å². The van der Waals surface area contributed by atoms with Crippen molar-refractivity contribution in [2.45, 2.75) is 193 Å². The third-order valence-corrected chi connectivity index (χ3v) is 10.0. The van der Waals surface area contributed by atoms with Gasteiger partial charge in [0.25, 0.3) is 0 Å². The van der Waals surface area contributed by atoms with Crippen LogP contribution in [-0.2, 0) is 32.7 Å². The summed E-state index contributed by atoms with van der Waals surface area (Å²) >= 11 is 0. The molecule has 320 valence electrons. The predicted molar refractivity (Wildman–Crippen MR) is 224 cm³/mol. The highest BCUT2D eigenvalue weighted by atomic mass is 31.2. The summed E-state index contributed by atoms with van der Waals surface area (Å²) in [5.74, 6) is -1.23. The molecule has 0 aromatic heterocycles. The molecule has 0 heterocycles. The number of hydrogen-bond donors (Lipinski definition) is 3. The van der Waals surface area contributed by atoms with Crippen molar-refractivity contribution in [2.24, 2.45) is 0 Å². The minimum Gasteiger partial charge on any atom is -0.458 e. The lowest BCUT2D eigenvalue weighted by Gasteiger charge is -2.20. The molecule has 1 unspecified atom stereocenters. The van der Waals surface area contributed by atoms with Gasteiger partial charge in [0.05, 0.1) is 19.8 Å². The second-order valence-corrected chi connectivity index (χ2v) is 15.9. The number of unbranched alkanes of at least 4 members (excludes halogenated alkanes) is 21. The Kier molecular flexibility index (Phi) is 38.6. The van der Waals surface area contributed by atoms with E-state index < -0.39 is 58.4 Å². The first-order valence-corrected chi connectivity index (χ1v) is 23.1. The van der Waals surface area contributed by atoms with Gasteiger partial charge in [0.1, 0.15) is 12.7 Å². The zero-order valence-electron chi connectivity index (χ0n) is 34.6. The zero-order chi connectivity index (χ0) is 40.5. The van der Waals surface area contributed by atoms with Crippen molar-refractivity contribution in [2.75, 3.05) is 26.4 Å². The minimum atomic E-state index is -4.65. The van der Waals surface area contributed by atoms with Crippen molar-refractivity contribution >= 4 is 19.8 Å². The molecule has 0 aliphatic carbocycles. The number of carbonyl (C=O) groups excluding carboxylic acids is 2. The quantitative estimate of drug-likeness (QED) is 0.0137. The van der Waals surface area contributed by atoms with Gasteiger partial charge in [-0.2, -0.15) is 0 Å². The van der Waals surface area contributed by atoms with E-state index in [0.717, 1.165) is 25.7 Å². The third kappa shape index (κ3) is 39.9. The van der Waals surface area contributed by atoms with Crippen molar-refractivity contribution in [3.05, 3.63) is 48.6 Å². The standard InChI is InChI=1S/C44H79O10P/c1-3-5-7-9-11-13-15-17-19-20-22-24-26-28-30-32-34-36-44(48)54-42(40-53-55(49,50)52-38-41(46)37-45)39-51-43(47)35-33-31-29-27-25-23-21-18-16-14-12-10-8-6-4-2/h22,24,28-31,33,35,41-42,45-46H,3-21,23,25-27,32,34,36-40H2,1-2H3,(H,49,50)/b24-22+,30-28+,31-29+,35-33+/t41-,42+/m0/s1. The molecule has 10 nitrogen and oxygen atoms in total. The number of aliphatic hydroxyl groups is 2. The molecule has 11 heteroatoms. The lowest BCUT2D eigenvalue weighted by molar-refractivity contribution is -0.159. The molecule has 0 aliphatic heterocycles. The monoisotopic (exact) mass is 799 g/mol. The molecule has 0 aliphatic rings. The molecule has 0 saturated heterocycles. The van der Waals surface area contributed by atoms with Crippen LogP contribution in [-0.4, -0.2) is 65.7 Å². The lowest BCUT2D eigenvalue weighted by Crippen LogP contribution is -2.29. The van der Waals surface area contributed by atoms with Gasteiger partial charge in [0.2, 0.25) is 0 Å². The van der Waals surface area contributed by atoms with Crippen molar-refractivity contribution in [3.8, 4) is 0 Å². The third-order valence-electron chi connectivity index (χ3n) is 9.06. The summed E-state index contributed by atoms with van der Waals surface area (Å²) in [6, 6.07) is 0.